The fraction of sp³-hybridized carbons (Fsp3) is 0.133. The van der Waals surface area contributed by atoms with Gasteiger partial charge in [-0.15, -0.1) is 11.8 Å². The van der Waals surface area contributed by atoms with Crippen LogP contribution in [0.2, 0.25) is 5.02 Å². The number of rotatable bonds is 4. The van der Waals surface area contributed by atoms with Crippen LogP contribution in [0.4, 0.5) is 17.1 Å². The molecular formula is C15H12ClN3O5S2. The van der Waals surface area contributed by atoms with Crippen molar-refractivity contribution in [3.05, 3.63) is 51.5 Å². The van der Waals surface area contributed by atoms with Crippen molar-refractivity contribution in [2.45, 2.75) is 16.2 Å². The molecule has 1 aliphatic heterocycles. The van der Waals surface area contributed by atoms with Gasteiger partial charge in [-0.25, -0.2) is 8.42 Å². The van der Waals surface area contributed by atoms with Crippen LogP contribution in [-0.4, -0.2) is 25.0 Å². The van der Waals surface area contributed by atoms with Gasteiger partial charge in [0.2, 0.25) is 5.91 Å². The first-order chi connectivity index (χ1) is 12.3. The molecule has 0 saturated heterocycles. The first-order valence-corrected chi connectivity index (χ1v) is 10.1. The number of nitrogens with zero attached hydrogens (tertiary/aromatic N) is 1. The first kappa shape index (κ1) is 18.5. The maximum absolute atomic E-state index is 12.6. The number of amides is 1. The zero-order valence-corrected chi connectivity index (χ0v) is 15.5. The number of halogens is 1. The van der Waals surface area contributed by atoms with E-state index in [4.69, 9.17) is 11.6 Å². The minimum absolute atomic E-state index is 0.00875. The fourth-order valence-corrected chi connectivity index (χ4v) is 4.50. The predicted octanol–water partition coefficient (Wildman–Crippen LogP) is 3.48. The number of nitro benzene ring substituents is 1. The molecule has 0 atom stereocenters. The Balaban J connectivity index is 1.93. The fourth-order valence-electron chi connectivity index (χ4n) is 2.30. The topological polar surface area (TPSA) is 118 Å². The molecule has 0 aliphatic carbocycles. The van der Waals surface area contributed by atoms with Gasteiger partial charge in [0.15, 0.2) is 0 Å². The van der Waals surface area contributed by atoms with E-state index in [2.05, 4.69) is 10.0 Å². The molecule has 11 heteroatoms. The highest BCUT2D eigenvalue weighted by Gasteiger charge is 2.21. The van der Waals surface area contributed by atoms with Gasteiger partial charge in [-0.2, -0.15) is 0 Å². The quantitative estimate of drug-likeness (QED) is 0.585. The Morgan fingerprint density at radius 1 is 1.23 bits per heavy atom. The lowest BCUT2D eigenvalue weighted by molar-refractivity contribution is -0.384. The van der Waals surface area contributed by atoms with Crippen molar-refractivity contribution in [3.8, 4) is 0 Å². The van der Waals surface area contributed by atoms with E-state index >= 15 is 0 Å². The van der Waals surface area contributed by atoms with E-state index < -0.39 is 20.6 Å². The Kier molecular flexibility index (Phi) is 5.08. The van der Waals surface area contributed by atoms with Gasteiger partial charge in [0.05, 0.1) is 21.2 Å². The van der Waals surface area contributed by atoms with Gasteiger partial charge in [0, 0.05) is 23.1 Å². The van der Waals surface area contributed by atoms with Crippen molar-refractivity contribution in [2.24, 2.45) is 0 Å². The maximum atomic E-state index is 12.6. The molecule has 0 unspecified atom stereocenters. The van der Waals surface area contributed by atoms with Crippen LogP contribution in [0.5, 0.6) is 0 Å². The molecule has 0 radical (unpaired) electrons. The molecule has 26 heavy (non-hydrogen) atoms. The molecule has 1 heterocycles. The molecule has 0 spiro atoms. The van der Waals surface area contributed by atoms with Gasteiger partial charge in [0.25, 0.3) is 15.7 Å². The summed E-state index contributed by atoms with van der Waals surface area (Å²) in [6.07, 6.45) is 0.341. The van der Waals surface area contributed by atoms with Crippen LogP contribution in [0.15, 0.2) is 46.2 Å². The number of thioether (sulfide) groups is 1. The van der Waals surface area contributed by atoms with E-state index in [0.717, 1.165) is 11.0 Å². The second-order valence-corrected chi connectivity index (χ2v) is 8.56. The average molecular weight is 414 g/mol. The highest BCUT2D eigenvalue weighted by Crippen LogP contribution is 2.33. The number of hydrogen-bond donors (Lipinski definition) is 2. The minimum atomic E-state index is -4.01. The van der Waals surface area contributed by atoms with Gasteiger partial charge in [-0.05, 0) is 30.3 Å². The SMILES string of the molecule is O=C1CCSc2ccc(S(=O)(=O)Nc3ccc(Cl)c([N+](=O)[O-])c3)cc2N1. The van der Waals surface area contributed by atoms with Gasteiger partial charge in [0.1, 0.15) is 5.02 Å². The second kappa shape index (κ2) is 7.14. The highest BCUT2D eigenvalue weighted by atomic mass is 35.5. The van der Waals surface area contributed by atoms with Crippen LogP contribution in [0, 0.1) is 10.1 Å². The Labute approximate surface area is 158 Å². The van der Waals surface area contributed by atoms with Crippen molar-refractivity contribution in [1.29, 1.82) is 0 Å². The standard InChI is InChI=1S/C15H12ClN3O5S2/c16-11-3-1-9(7-13(11)19(21)22)18-26(23,24)10-2-4-14-12(8-10)17-15(20)5-6-25-14/h1-4,7-8,18H,5-6H2,(H,17,20). The number of nitro groups is 1. The summed E-state index contributed by atoms with van der Waals surface area (Å²) in [5.74, 6) is 0.421. The second-order valence-electron chi connectivity index (χ2n) is 5.33. The number of benzene rings is 2. The summed E-state index contributed by atoms with van der Waals surface area (Å²) in [6.45, 7) is 0. The van der Waals surface area contributed by atoms with E-state index in [0.29, 0.717) is 17.9 Å². The molecule has 0 fully saturated rings. The van der Waals surface area contributed by atoms with E-state index in [-0.39, 0.29) is 21.5 Å². The molecule has 136 valence electrons. The third kappa shape index (κ3) is 3.92. The van der Waals surface area contributed by atoms with Crippen molar-refractivity contribution in [1.82, 2.24) is 0 Å². The van der Waals surface area contributed by atoms with E-state index in [1.54, 1.807) is 6.07 Å². The summed E-state index contributed by atoms with van der Waals surface area (Å²) in [5, 5.41) is 13.5. The van der Waals surface area contributed by atoms with Crippen LogP contribution in [0.25, 0.3) is 0 Å². The van der Waals surface area contributed by atoms with Crippen LogP contribution < -0.4 is 10.0 Å². The Bertz CT molecular complexity index is 1010. The summed E-state index contributed by atoms with van der Waals surface area (Å²) in [4.78, 5) is 22.6. The zero-order chi connectivity index (χ0) is 18.9. The van der Waals surface area contributed by atoms with Crippen LogP contribution in [0.3, 0.4) is 0 Å². The zero-order valence-electron chi connectivity index (χ0n) is 13.1. The molecule has 3 rings (SSSR count). The number of carbonyl (C=O) groups is 1. The largest absolute Gasteiger partial charge is 0.325 e. The van der Waals surface area contributed by atoms with Crippen molar-refractivity contribution < 1.29 is 18.1 Å². The number of sulfonamides is 1. The molecule has 2 aromatic rings. The van der Waals surface area contributed by atoms with Crippen LogP contribution >= 0.6 is 23.4 Å². The molecular weight excluding hydrogens is 402 g/mol. The van der Waals surface area contributed by atoms with Crippen molar-refractivity contribution in [2.75, 3.05) is 15.8 Å². The third-order valence-corrected chi connectivity index (χ3v) is 6.29. The number of hydrogen-bond acceptors (Lipinski definition) is 6. The van der Waals surface area contributed by atoms with E-state index in [1.807, 2.05) is 0 Å². The molecule has 1 amide bonds. The molecule has 8 nitrogen and oxygen atoms in total. The number of nitrogens with one attached hydrogen (secondary N) is 2. The monoisotopic (exact) mass is 413 g/mol. The Morgan fingerprint density at radius 2 is 2.00 bits per heavy atom. The highest BCUT2D eigenvalue weighted by molar-refractivity contribution is 7.99. The smallest absolute Gasteiger partial charge is 0.289 e. The summed E-state index contributed by atoms with van der Waals surface area (Å²) in [7, 11) is -4.01. The third-order valence-electron chi connectivity index (χ3n) is 3.52. The molecule has 0 aromatic heterocycles. The molecule has 1 aliphatic rings. The predicted molar refractivity (Wildman–Crippen MR) is 99.3 cm³/mol. The van der Waals surface area contributed by atoms with Crippen LogP contribution in [0.1, 0.15) is 6.42 Å². The molecule has 0 saturated carbocycles. The molecule has 0 bridgehead atoms. The normalized spacial score (nSPS) is 14.1. The lowest BCUT2D eigenvalue weighted by Crippen LogP contribution is -2.14. The van der Waals surface area contributed by atoms with Gasteiger partial charge < -0.3 is 5.32 Å². The van der Waals surface area contributed by atoms with Gasteiger partial charge in [-0.3, -0.25) is 19.6 Å². The Morgan fingerprint density at radius 3 is 2.73 bits per heavy atom. The lowest BCUT2D eigenvalue weighted by atomic mass is 10.3. The van der Waals surface area contributed by atoms with Crippen molar-refractivity contribution >= 4 is 56.4 Å². The first-order valence-electron chi connectivity index (χ1n) is 7.30. The summed E-state index contributed by atoms with van der Waals surface area (Å²) < 4.78 is 27.5. The van der Waals surface area contributed by atoms with Gasteiger partial charge in [-0.1, -0.05) is 11.6 Å². The summed E-state index contributed by atoms with van der Waals surface area (Å²) in [5.41, 5.74) is 0.0226. The van der Waals surface area contributed by atoms with E-state index in [1.165, 1.54) is 36.0 Å². The summed E-state index contributed by atoms with van der Waals surface area (Å²) >= 11 is 7.18. The average Bonchev–Trinajstić information content (AvgIpc) is 2.76. The number of anilines is 2. The Hall–Kier alpha value is -2.30. The maximum Gasteiger partial charge on any atom is 0.289 e. The van der Waals surface area contributed by atoms with Crippen molar-refractivity contribution in [3.63, 3.8) is 0 Å². The van der Waals surface area contributed by atoms with Gasteiger partial charge >= 0.3 is 0 Å². The van der Waals surface area contributed by atoms with Crippen LogP contribution in [-0.2, 0) is 14.8 Å². The van der Waals surface area contributed by atoms with E-state index in [9.17, 15) is 23.3 Å². The number of fused-ring (bicyclic) bond motifs is 1. The summed E-state index contributed by atoms with van der Waals surface area (Å²) in [6, 6.07) is 8.00. The number of carbonyl (C=O) groups excluding carboxylic acids is 1. The minimum Gasteiger partial charge on any atom is -0.325 e. The lowest BCUT2D eigenvalue weighted by Gasteiger charge is -2.11. The molecule has 2 aromatic carbocycles. The molecule has 2 N–H and O–H groups in total.